The second kappa shape index (κ2) is 8.43. The third-order valence-corrected chi connectivity index (χ3v) is 4.92. The zero-order valence-corrected chi connectivity index (χ0v) is 15.9. The fourth-order valence-corrected chi connectivity index (χ4v) is 3.48. The van der Waals surface area contributed by atoms with Crippen molar-refractivity contribution in [1.29, 1.82) is 0 Å². The van der Waals surface area contributed by atoms with Crippen molar-refractivity contribution >= 4 is 41.0 Å². The normalized spacial score (nSPS) is 20.7. The van der Waals surface area contributed by atoms with Gasteiger partial charge in [-0.3, -0.25) is 24.1 Å². The number of nitrogens with zero attached hydrogens (tertiary/aromatic N) is 1. The van der Waals surface area contributed by atoms with E-state index in [1.165, 1.54) is 13.2 Å². The molecule has 2 atom stereocenters. The van der Waals surface area contributed by atoms with Crippen LogP contribution in [0.3, 0.4) is 0 Å². The lowest BCUT2D eigenvalue weighted by atomic mass is 9.85. The van der Waals surface area contributed by atoms with Crippen molar-refractivity contribution in [2.24, 2.45) is 11.8 Å². The van der Waals surface area contributed by atoms with E-state index in [2.05, 4.69) is 5.32 Å². The summed E-state index contributed by atoms with van der Waals surface area (Å²) in [6.45, 7) is -1.07. The molecule has 1 saturated heterocycles. The molecule has 2 unspecified atom stereocenters. The predicted molar refractivity (Wildman–Crippen MR) is 99.7 cm³/mol. The Bertz CT molecular complexity index is 827. The number of allylic oxidation sites excluding steroid dienone is 2. The number of imide groups is 1. The summed E-state index contributed by atoms with van der Waals surface area (Å²) >= 11 is 5.89. The molecule has 1 aliphatic carbocycles. The number of hydrogen-bond acceptors (Lipinski definition) is 6. The second-order valence-corrected chi connectivity index (χ2v) is 6.91. The van der Waals surface area contributed by atoms with E-state index in [1.807, 2.05) is 12.2 Å². The first-order valence-corrected chi connectivity index (χ1v) is 9.07. The molecule has 3 amide bonds. The summed E-state index contributed by atoms with van der Waals surface area (Å²) < 4.78 is 10.0. The monoisotopic (exact) mass is 406 g/mol. The van der Waals surface area contributed by atoms with Gasteiger partial charge < -0.3 is 14.8 Å². The number of carbonyl (C=O) groups excluding carboxylic acids is 4. The minimum Gasteiger partial charge on any atom is -0.495 e. The quantitative estimate of drug-likeness (QED) is 0.439. The molecule has 1 aromatic carbocycles. The number of anilines is 1. The van der Waals surface area contributed by atoms with Gasteiger partial charge in [0.2, 0.25) is 11.8 Å². The average Bonchev–Trinajstić information content (AvgIpc) is 2.92. The Morgan fingerprint density at radius 2 is 1.82 bits per heavy atom. The third-order valence-electron chi connectivity index (χ3n) is 4.69. The fourth-order valence-electron chi connectivity index (χ4n) is 3.31. The Hall–Kier alpha value is -2.87. The zero-order chi connectivity index (χ0) is 20.3. The van der Waals surface area contributed by atoms with Gasteiger partial charge in [-0.15, -0.1) is 0 Å². The molecule has 0 bridgehead atoms. The number of likely N-dealkylation sites (tertiary alicyclic amines) is 1. The summed E-state index contributed by atoms with van der Waals surface area (Å²) in [5.41, 5.74) is 0.331. The molecule has 148 valence electrons. The SMILES string of the molecule is COc1ccc(Cl)cc1NC(=O)COC(=O)CN1C(=O)C2CC=CCC2C1=O. The minimum atomic E-state index is -0.832. The fraction of sp³-hybridized carbons (Fsp3) is 0.368. The smallest absolute Gasteiger partial charge is 0.326 e. The maximum Gasteiger partial charge on any atom is 0.326 e. The molecule has 8 nitrogen and oxygen atoms in total. The van der Waals surface area contributed by atoms with E-state index in [4.69, 9.17) is 21.1 Å². The van der Waals surface area contributed by atoms with E-state index >= 15 is 0 Å². The summed E-state index contributed by atoms with van der Waals surface area (Å²) in [7, 11) is 1.44. The molecule has 1 heterocycles. The van der Waals surface area contributed by atoms with Crippen molar-refractivity contribution in [3.05, 3.63) is 35.4 Å². The van der Waals surface area contributed by atoms with Crippen LogP contribution in [0.2, 0.25) is 5.02 Å². The number of carbonyl (C=O) groups is 4. The summed E-state index contributed by atoms with van der Waals surface area (Å²) in [6.07, 6.45) is 4.71. The van der Waals surface area contributed by atoms with E-state index in [0.29, 0.717) is 29.3 Å². The van der Waals surface area contributed by atoms with E-state index in [0.717, 1.165) is 4.90 Å². The van der Waals surface area contributed by atoms with Crippen molar-refractivity contribution < 1.29 is 28.7 Å². The van der Waals surface area contributed by atoms with Crippen LogP contribution in [0.4, 0.5) is 5.69 Å². The Morgan fingerprint density at radius 1 is 1.18 bits per heavy atom. The molecular weight excluding hydrogens is 388 g/mol. The summed E-state index contributed by atoms with van der Waals surface area (Å²) in [6, 6.07) is 4.69. The average molecular weight is 407 g/mol. The highest BCUT2D eigenvalue weighted by Gasteiger charge is 2.47. The third kappa shape index (κ3) is 4.17. The van der Waals surface area contributed by atoms with Crippen LogP contribution in [-0.2, 0) is 23.9 Å². The van der Waals surface area contributed by atoms with Crippen LogP contribution in [0, 0.1) is 11.8 Å². The molecule has 1 N–H and O–H groups in total. The number of ether oxygens (including phenoxy) is 2. The van der Waals surface area contributed by atoms with Gasteiger partial charge in [-0.05, 0) is 31.0 Å². The molecule has 28 heavy (non-hydrogen) atoms. The molecule has 2 aliphatic rings. The van der Waals surface area contributed by atoms with Gasteiger partial charge in [0.25, 0.3) is 5.91 Å². The van der Waals surface area contributed by atoms with Gasteiger partial charge in [-0.2, -0.15) is 0 Å². The standard InChI is InChI=1S/C19H19ClN2O6/c1-27-15-7-6-11(20)8-14(15)21-16(23)10-28-17(24)9-22-18(25)12-4-2-3-5-13(12)19(22)26/h2-3,6-8,12-13H,4-5,9-10H2,1H3,(H,21,23). The van der Waals surface area contributed by atoms with Gasteiger partial charge >= 0.3 is 5.97 Å². The number of rotatable bonds is 6. The Labute approximate surface area is 166 Å². The Balaban J connectivity index is 1.52. The van der Waals surface area contributed by atoms with Gasteiger partial charge in [0.05, 0.1) is 24.6 Å². The molecule has 0 saturated carbocycles. The predicted octanol–water partition coefficient (Wildman–Crippen LogP) is 1.78. The van der Waals surface area contributed by atoms with Gasteiger partial charge in [-0.1, -0.05) is 23.8 Å². The van der Waals surface area contributed by atoms with Crippen molar-refractivity contribution in [3.8, 4) is 5.75 Å². The maximum atomic E-state index is 12.3. The summed E-state index contributed by atoms with van der Waals surface area (Å²) in [4.78, 5) is 49.6. The Kier molecular flexibility index (Phi) is 5.99. The van der Waals surface area contributed by atoms with Crippen LogP contribution < -0.4 is 10.1 Å². The molecule has 0 radical (unpaired) electrons. The molecule has 1 fully saturated rings. The van der Waals surface area contributed by atoms with Crippen LogP contribution in [-0.4, -0.2) is 48.9 Å². The zero-order valence-electron chi connectivity index (χ0n) is 15.1. The molecule has 9 heteroatoms. The highest BCUT2D eigenvalue weighted by atomic mass is 35.5. The number of halogens is 1. The molecule has 0 spiro atoms. The number of esters is 1. The first-order valence-electron chi connectivity index (χ1n) is 8.70. The molecular formula is C19H19ClN2O6. The number of nitrogens with one attached hydrogen (secondary N) is 1. The molecule has 1 aliphatic heterocycles. The van der Waals surface area contributed by atoms with E-state index in [9.17, 15) is 19.2 Å². The maximum absolute atomic E-state index is 12.3. The molecule has 0 aromatic heterocycles. The minimum absolute atomic E-state index is 0.331. The number of fused-ring (bicyclic) bond motifs is 1. The van der Waals surface area contributed by atoms with Crippen LogP contribution in [0.15, 0.2) is 30.4 Å². The van der Waals surface area contributed by atoms with Gasteiger partial charge in [0.15, 0.2) is 6.61 Å². The number of benzene rings is 1. The Morgan fingerprint density at radius 3 is 2.43 bits per heavy atom. The van der Waals surface area contributed by atoms with Crippen molar-refractivity contribution in [2.45, 2.75) is 12.8 Å². The van der Waals surface area contributed by atoms with Crippen molar-refractivity contribution in [3.63, 3.8) is 0 Å². The van der Waals surface area contributed by atoms with E-state index < -0.39 is 36.9 Å². The first kappa shape index (κ1) is 19.9. The van der Waals surface area contributed by atoms with Gasteiger partial charge in [-0.25, -0.2) is 0 Å². The van der Waals surface area contributed by atoms with Gasteiger partial charge in [0, 0.05) is 5.02 Å². The first-order chi connectivity index (χ1) is 13.4. The van der Waals surface area contributed by atoms with Crippen LogP contribution in [0.5, 0.6) is 5.75 Å². The van der Waals surface area contributed by atoms with Crippen LogP contribution in [0.25, 0.3) is 0 Å². The lowest BCUT2D eigenvalue weighted by Gasteiger charge is -2.14. The largest absolute Gasteiger partial charge is 0.495 e. The van der Waals surface area contributed by atoms with Crippen LogP contribution >= 0.6 is 11.6 Å². The summed E-state index contributed by atoms with van der Waals surface area (Å²) in [5, 5.41) is 2.93. The van der Waals surface area contributed by atoms with Crippen LogP contribution in [0.1, 0.15) is 12.8 Å². The number of hydrogen-bond donors (Lipinski definition) is 1. The second-order valence-electron chi connectivity index (χ2n) is 6.47. The highest BCUT2D eigenvalue weighted by Crippen LogP contribution is 2.34. The highest BCUT2D eigenvalue weighted by molar-refractivity contribution is 6.31. The molecule has 3 rings (SSSR count). The lowest BCUT2D eigenvalue weighted by molar-refractivity contribution is -0.154. The van der Waals surface area contributed by atoms with Crippen molar-refractivity contribution in [2.75, 3.05) is 25.6 Å². The number of amides is 3. The van der Waals surface area contributed by atoms with Gasteiger partial charge in [0.1, 0.15) is 12.3 Å². The number of methoxy groups -OCH3 is 1. The van der Waals surface area contributed by atoms with E-state index in [-0.39, 0.29) is 11.8 Å². The van der Waals surface area contributed by atoms with E-state index in [1.54, 1.807) is 12.1 Å². The molecule has 1 aromatic rings. The summed E-state index contributed by atoms with van der Waals surface area (Å²) in [5.74, 6) is -2.61. The lowest BCUT2D eigenvalue weighted by Crippen LogP contribution is -2.37. The van der Waals surface area contributed by atoms with Crippen molar-refractivity contribution in [1.82, 2.24) is 4.90 Å². The topological polar surface area (TPSA) is 102 Å².